The van der Waals surface area contributed by atoms with Gasteiger partial charge < -0.3 is 15.0 Å². The van der Waals surface area contributed by atoms with Crippen molar-refractivity contribution in [1.82, 2.24) is 10.2 Å². The number of halogens is 2. The molecule has 0 unspecified atom stereocenters. The number of nitrogens with one attached hydrogen (secondary N) is 1. The van der Waals surface area contributed by atoms with Gasteiger partial charge in [0.15, 0.2) is 11.6 Å². The highest BCUT2D eigenvalue weighted by molar-refractivity contribution is 5.83. The van der Waals surface area contributed by atoms with Crippen molar-refractivity contribution >= 4 is 5.91 Å². The van der Waals surface area contributed by atoms with Crippen molar-refractivity contribution < 1.29 is 18.3 Å². The Hall–Kier alpha value is -2.31. The van der Waals surface area contributed by atoms with Crippen LogP contribution in [0.3, 0.4) is 0 Å². The van der Waals surface area contributed by atoms with Gasteiger partial charge in [0.05, 0.1) is 5.41 Å². The van der Waals surface area contributed by atoms with Crippen molar-refractivity contribution in [2.24, 2.45) is 10.8 Å². The number of carbonyl (C=O) groups excluding carboxylic acids is 1. The van der Waals surface area contributed by atoms with E-state index >= 15 is 0 Å². The van der Waals surface area contributed by atoms with E-state index in [1.807, 2.05) is 38.4 Å². The summed E-state index contributed by atoms with van der Waals surface area (Å²) in [5.41, 5.74) is 1.71. The summed E-state index contributed by atoms with van der Waals surface area (Å²) in [6, 6.07) is 11.6. The third kappa shape index (κ3) is 5.93. The molecule has 0 radical (unpaired) electrons. The number of hydrogen-bond donors (Lipinski definition) is 1. The summed E-state index contributed by atoms with van der Waals surface area (Å²) in [5.74, 6) is -1.71. The van der Waals surface area contributed by atoms with E-state index in [0.29, 0.717) is 44.6 Å². The molecule has 0 saturated carbocycles. The molecule has 1 N–H and O–H groups in total. The molecule has 1 saturated heterocycles. The minimum absolute atomic E-state index is 0.0349. The van der Waals surface area contributed by atoms with Gasteiger partial charge in [-0.15, -0.1) is 0 Å². The Kier molecular flexibility index (Phi) is 7.67. The second-order valence-corrected chi connectivity index (χ2v) is 9.94. The Bertz CT molecular complexity index is 937. The van der Waals surface area contributed by atoms with Crippen LogP contribution in [0.1, 0.15) is 32.3 Å². The van der Waals surface area contributed by atoms with Crippen molar-refractivity contribution in [3.63, 3.8) is 0 Å². The molecule has 6 heteroatoms. The van der Waals surface area contributed by atoms with Crippen LogP contribution in [-0.4, -0.2) is 51.2 Å². The summed E-state index contributed by atoms with van der Waals surface area (Å²) in [6.45, 7) is 6.79. The fourth-order valence-electron chi connectivity index (χ4n) is 4.65. The van der Waals surface area contributed by atoms with Crippen molar-refractivity contribution in [1.29, 1.82) is 0 Å². The molecule has 0 aromatic heterocycles. The second-order valence-electron chi connectivity index (χ2n) is 9.94. The van der Waals surface area contributed by atoms with Crippen LogP contribution in [0, 0.1) is 22.5 Å². The van der Waals surface area contributed by atoms with Gasteiger partial charge in [0.1, 0.15) is 0 Å². The van der Waals surface area contributed by atoms with Gasteiger partial charge in [-0.2, -0.15) is 0 Å². The fourth-order valence-corrected chi connectivity index (χ4v) is 4.65. The maximum absolute atomic E-state index is 13.9. The molecule has 174 valence electrons. The normalized spacial score (nSPS) is 16.2. The molecular formula is C26H34F2N2O2. The summed E-state index contributed by atoms with van der Waals surface area (Å²) in [6.07, 6.45) is 1.77. The number of rotatable bonds is 8. The van der Waals surface area contributed by atoms with Gasteiger partial charge >= 0.3 is 0 Å². The van der Waals surface area contributed by atoms with Crippen LogP contribution in [0.15, 0.2) is 42.5 Å². The molecule has 1 amide bonds. The first kappa shape index (κ1) is 24.3. The largest absolute Gasteiger partial charge is 0.381 e. The second kappa shape index (κ2) is 10.1. The zero-order valence-corrected chi connectivity index (χ0v) is 19.5. The monoisotopic (exact) mass is 444 g/mol. The fraction of sp³-hybridized carbons (Fsp3) is 0.500. The van der Waals surface area contributed by atoms with Crippen LogP contribution in [0.5, 0.6) is 0 Å². The Labute approximate surface area is 190 Å². The lowest BCUT2D eigenvalue weighted by Gasteiger charge is -2.38. The van der Waals surface area contributed by atoms with Crippen LogP contribution >= 0.6 is 0 Å². The number of nitrogens with zero attached hydrogens (tertiary/aromatic N) is 1. The van der Waals surface area contributed by atoms with Gasteiger partial charge in [-0.05, 0) is 67.6 Å². The Morgan fingerprint density at radius 2 is 1.78 bits per heavy atom. The first-order valence-electron chi connectivity index (χ1n) is 11.2. The van der Waals surface area contributed by atoms with Crippen LogP contribution in [0.4, 0.5) is 8.78 Å². The maximum Gasteiger partial charge on any atom is 0.226 e. The predicted octanol–water partition coefficient (Wildman–Crippen LogP) is 4.68. The molecule has 1 aliphatic heterocycles. The molecule has 2 aromatic rings. The van der Waals surface area contributed by atoms with Crippen molar-refractivity contribution in [2.45, 2.75) is 33.1 Å². The maximum atomic E-state index is 13.9. The molecule has 0 aliphatic carbocycles. The number of benzene rings is 2. The lowest BCUT2D eigenvalue weighted by atomic mass is 9.73. The Morgan fingerprint density at radius 1 is 1.09 bits per heavy atom. The van der Waals surface area contributed by atoms with E-state index in [-0.39, 0.29) is 11.3 Å². The highest BCUT2D eigenvalue weighted by Gasteiger charge is 2.41. The minimum Gasteiger partial charge on any atom is -0.381 e. The first-order chi connectivity index (χ1) is 15.1. The highest BCUT2D eigenvalue weighted by atomic mass is 19.2. The quantitative estimate of drug-likeness (QED) is 0.643. The summed E-state index contributed by atoms with van der Waals surface area (Å²) in [7, 11) is 4.05. The van der Waals surface area contributed by atoms with Gasteiger partial charge in [0, 0.05) is 26.3 Å². The average molecular weight is 445 g/mol. The van der Waals surface area contributed by atoms with E-state index < -0.39 is 17.0 Å². The molecule has 3 rings (SSSR count). The van der Waals surface area contributed by atoms with E-state index in [4.69, 9.17) is 4.74 Å². The number of hydrogen-bond acceptors (Lipinski definition) is 3. The first-order valence-corrected chi connectivity index (χ1v) is 11.2. The summed E-state index contributed by atoms with van der Waals surface area (Å²) in [5, 5.41) is 3.20. The van der Waals surface area contributed by atoms with Gasteiger partial charge in [-0.1, -0.05) is 44.2 Å². The highest BCUT2D eigenvalue weighted by Crippen LogP contribution is 2.38. The molecular weight excluding hydrogens is 410 g/mol. The van der Waals surface area contributed by atoms with Gasteiger partial charge in [0.2, 0.25) is 5.91 Å². The smallest absolute Gasteiger partial charge is 0.226 e. The van der Waals surface area contributed by atoms with Crippen molar-refractivity contribution in [3.8, 4) is 11.1 Å². The van der Waals surface area contributed by atoms with Crippen LogP contribution in [0.25, 0.3) is 11.1 Å². The van der Waals surface area contributed by atoms with E-state index in [0.717, 1.165) is 23.7 Å². The number of amides is 1. The third-order valence-electron chi connectivity index (χ3n) is 6.18. The molecule has 1 fully saturated rings. The number of carbonyl (C=O) groups is 1. The standard InChI is InChI=1S/C26H34F2N2O2/c1-25(2,18-30(3)4)17-29-24(31)26(11-13-32-14-12-26)16-20-7-5-6-8-21(20)19-9-10-22(27)23(28)15-19/h5-10,15H,11-14,16-18H2,1-4H3,(H,29,31). The molecule has 0 spiro atoms. The summed E-state index contributed by atoms with van der Waals surface area (Å²) >= 11 is 0. The SMILES string of the molecule is CN(C)CC(C)(C)CNC(=O)C1(Cc2ccccc2-c2ccc(F)c(F)c2)CCOCC1. The number of ether oxygens (including phenoxy) is 1. The lowest BCUT2D eigenvalue weighted by molar-refractivity contribution is -0.137. The Balaban J connectivity index is 1.86. The van der Waals surface area contributed by atoms with E-state index in [1.54, 1.807) is 6.07 Å². The molecule has 4 nitrogen and oxygen atoms in total. The van der Waals surface area contributed by atoms with Gasteiger partial charge in [-0.25, -0.2) is 8.78 Å². The Morgan fingerprint density at radius 3 is 2.44 bits per heavy atom. The zero-order valence-electron chi connectivity index (χ0n) is 19.5. The molecule has 32 heavy (non-hydrogen) atoms. The van der Waals surface area contributed by atoms with Crippen LogP contribution in [-0.2, 0) is 16.0 Å². The van der Waals surface area contributed by atoms with Crippen LogP contribution < -0.4 is 5.32 Å². The van der Waals surface area contributed by atoms with Crippen molar-refractivity contribution in [3.05, 3.63) is 59.7 Å². The molecule has 0 atom stereocenters. The van der Waals surface area contributed by atoms with Gasteiger partial charge in [-0.3, -0.25) is 4.79 Å². The predicted molar refractivity (Wildman–Crippen MR) is 123 cm³/mol. The summed E-state index contributed by atoms with van der Waals surface area (Å²) < 4.78 is 32.9. The topological polar surface area (TPSA) is 41.6 Å². The van der Waals surface area contributed by atoms with Crippen LogP contribution in [0.2, 0.25) is 0 Å². The zero-order chi connectivity index (χ0) is 23.4. The lowest BCUT2D eigenvalue weighted by Crippen LogP contribution is -2.49. The molecule has 2 aromatic carbocycles. The summed E-state index contributed by atoms with van der Waals surface area (Å²) in [4.78, 5) is 15.6. The third-order valence-corrected chi connectivity index (χ3v) is 6.18. The molecule has 0 bridgehead atoms. The van der Waals surface area contributed by atoms with E-state index in [1.165, 1.54) is 6.07 Å². The van der Waals surface area contributed by atoms with E-state index in [9.17, 15) is 13.6 Å². The molecule has 1 aliphatic rings. The molecule has 1 heterocycles. The minimum atomic E-state index is -0.876. The van der Waals surface area contributed by atoms with Gasteiger partial charge in [0.25, 0.3) is 0 Å². The van der Waals surface area contributed by atoms with E-state index in [2.05, 4.69) is 24.1 Å². The van der Waals surface area contributed by atoms with Crippen molar-refractivity contribution in [2.75, 3.05) is 40.4 Å². The average Bonchev–Trinajstić information content (AvgIpc) is 2.74.